The molecule has 0 radical (unpaired) electrons. The summed E-state index contributed by atoms with van der Waals surface area (Å²) in [7, 11) is 1.33. The fourth-order valence-electron chi connectivity index (χ4n) is 4.30. The van der Waals surface area contributed by atoms with Gasteiger partial charge in [0.2, 0.25) is 0 Å². The Bertz CT molecular complexity index is 980. The van der Waals surface area contributed by atoms with Gasteiger partial charge < -0.3 is 14.9 Å². The summed E-state index contributed by atoms with van der Waals surface area (Å²) >= 11 is 0. The van der Waals surface area contributed by atoms with Crippen molar-refractivity contribution < 1.29 is 29.3 Å². The zero-order valence-electron chi connectivity index (χ0n) is 18.7. The number of ether oxygens (including phenoxy) is 1. The second-order valence-electron chi connectivity index (χ2n) is 9.26. The maximum Gasteiger partial charge on any atom is 0.410 e. The standard InChI is InChI=1S/C25H29NO6/c1-25(2,3)20(22(27)28)13-21(23(29)30)26(4)24(31)32-14-19-17-11-7-5-9-15(17)16-10-6-8-12-18(16)19/h5-12,19-21H,13-14H2,1-4H3,(H,27,28)(H,29,30)/t20?,21-/m0/s1. The van der Waals surface area contributed by atoms with Gasteiger partial charge in [0.05, 0.1) is 5.92 Å². The Balaban J connectivity index is 1.75. The lowest BCUT2D eigenvalue weighted by atomic mass is 9.77. The van der Waals surface area contributed by atoms with Crippen molar-refractivity contribution in [3.63, 3.8) is 0 Å². The highest BCUT2D eigenvalue weighted by Gasteiger charge is 2.39. The number of carbonyl (C=O) groups excluding carboxylic acids is 1. The Hall–Kier alpha value is -3.35. The first-order valence-electron chi connectivity index (χ1n) is 10.6. The minimum absolute atomic E-state index is 0.0607. The van der Waals surface area contributed by atoms with Crippen molar-refractivity contribution in [2.75, 3.05) is 13.7 Å². The third kappa shape index (κ3) is 4.61. The number of carboxylic acid groups (broad SMARTS) is 2. The average molecular weight is 440 g/mol. The molecule has 1 unspecified atom stereocenters. The highest BCUT2D eigenvalue weighted by atomic mass is 16.6. The topological polar surface area (TPSA) is 104 Å². The summed E-state index contributed by atoms with van der Waals surface area (Å²) in [6.07, 6.45) is -1.01. The molecule has 0 aliphatic heterocycles. The van der Waals surface area contributed by atoms with Crippen LogP contribution >= 0.6 is 0 Å². The number of likely N-dealkylation sites (N-methyl/N-ethyl adjacent to an activating group) is 1. The third-order valence-corrected chi connectivity index (χ3v) is 6.18. The van der Waals surface area contributed by atoms with E-state index in [0.717, 1.165) is 27.2 Å². The fourth-order valence-corrected chi connectivity index (χ4v) is 4.30. The monoisotopic (exact) mass is 439 g/mol. The zero-order valence-corrected chi connectivity index (χ0v) is 18.7. The van der Waals surface area contributed by atoms with Crippen LogP contribution in [0.25, 0.3) is 11.1 Å². The number of nitrogens with zero attached hydrogens (tertiary/aromatic N) is 1. The van der Waals surface area contributed by atoms with Crippen LogP contribution in [0.4, 0.5) is 4.79 Å². The molecule has 1 aliphatic rings. The average Bonchev–Trinajstić information content (AvgIpc) is 3.04. The largest absolute Gasteiger partial charge is 0.481 e. The van der Waals surface area contributed by atoms with Gasteiger partial charge in [0.1, 0.15) is 12.6 Å². The molecule has 2 aromatic carbocycles. The minimum atomic E-state index is -1.31. The summed E-state index contributed by atoms with van der Waals surface area (Å²) in [4.78, 5) is 37.3. The van der Waals surface area contributed by atoms with E-state index in [4.69, 9.17) is 4.74 Å². The first-order valence-corrected chi connectivity index (χ1v) is 10.6. The summed E-state index contributed by atoms with van der Waals surface area (Å²) in [5, 5.41) is 19.3. The first kappa shape index (κ1) is 23.3. The summed E-state index contributed by atoms with van der Waals surface area (Å²) in [5.41, 5.74) is 3.63. The highest BCUT2D eigenvalue weighted by Crippen LogP contribution is 2.44. The summed E-state index contributed by atoms with van der Waals surface area (Å²) in [6, 6.07) is 14.5. The van der Waals surface area contributed by atoms with Crippen molar-refractivity contribution in [1.82, 2.24) is 4.90 Å². The van der Waals surface area contributed by atoms with Crippen LogP contribution in [0.15, 0.2) is 48.5 Å². The molecule has 32 heavy (non-hydrogen) atoms. The molecule has 0 spiro atoms. The Labute approximate surface area is 187 Å². The smallest absolute Gasteiger partial charge is 0.410 e. The number of rotatable bonds is 7. The van der Waals surface area contributed by atoms with E-state index in [9.17, 15) is 24.6 Å². The number of hydrogen-bond acceptors (Lipinski definition) is 4. The Morgan fingerprint density at radius 3 is 1.88 bits per heavy atom. The van der Waals surface area contributed by atoms with E-state index in [1.807, 2.05) is 48.5 Å². The van der Waals surface area contributed by atoms with Crippen LogP contribution in [-0.4, -0.2) is 52.8 Å². The van der Waals surface area contributed by atoms with E-state index >= 15 is 0 Å². The number of fused-ring (bicyclic) bond motifs is 3. The summed E-state index contributed by atoms with van der Waals surface area (Å²) in [5.74, 6) is -3.45. The molecular weight excluding hydrogens is 410 g/mol. The highest BCUT2D eigenvalue weighted by molar-refractivity contribution is 5.82. The van der Waals surface area contributed by atoms with Gasteiger partial charge >= 0.3 is 18.0 Å². The molecule has 7 heteroatoms. The first-order chi connectivity index (χ1) is 15.0. The van der Waals surface area contributed by atoms with Crippen molar-refractivity contribution in [2.45, 2.75) is 39.2 Å². The molecule has 2 aromatic rings. The van der Waals surface area contributed by atoms with Gasteiger partial charge in [-0.15, -0.1) is 0 Å². The van der Waals surface area contributed by atoms with Gasteiger partial charge in [-0.3, -0.25) is 9.69 Å². The van der Waals surface area contributed by atoms with Gasteiger partial charge in [-0.1, -0.05) is 69.3 Å². The van der Waals surface area contributed by atoms with Crippen LogP contribution in [0, 0.1) is 11.3 Å². The molecular formula is C25H29NO6. The number of amides is 1. The molecule has 1 aliphatic carbocycles. The van der Waals surface area contributed by atoms with Gasteiger partial charge in [0.15, 0.2) is 0 Å². The minimum Gasteiger partial charge on any atom is -0.481 e. The van der Waals surface area contributed by atoms with Crippen LogP contribution in [0.1, 0.15) is 44.2 Å². The number of carbonyl (C=O) groups is 3. The molecule has 170 valence electrons. The lowest BCUT2D eigenvalue weighted by Crippen LogP contribution is -2.46. The predicted octanol–water partition coefficient (Wildman–Crippen LogP) is 4.46. The molecule has 2 N–H and O–H groups in total. The molecule has 1 amide bonds. The van der Waals surface area contributed by atoms with E-state index in [-0.39, 0.29) is 18.9 Å². The van der Waals surface area contributed by atoms with Crippen LogP contribution in [0.5, 0.6) is 0 Å². The molecule has 0 saturated heterocycles. The molecule has 0 fully saturated rings. The normalized spacial score (nSPS) is 14.8. The number of carboxylic acids is 2. The quantitative estimate of drug-likeness (QED) is 0.660. The molecule has 2 atom stereocenters. The molecule has 0 bridgehead atoms. The Morgan fingerprint density at radius 2 is 1.44 bits per heavy atom. The van der Waals surface area contributed by atoms with Gasteiger partial charge in [0.25, 0.3) is 0 Å². The summed E-state index contributed by atoms with van der Waals surface area (Å²) < 4.78 is 5.54. The maximum atomic E-state index is 12.8. The van der Waals surface area contributed by atoms with E-state index in [0.29, 0.717) is 0 Å². The number of aliphatic carboxylic acids is 2. The van der Waals surface area contributed by atoms with Gasteiger partial charge in [0, 0.05) is 13.0 Å². The lowest BCUT2D eigenvalue weighted by Gasteiger charge is -2.32. The van der Waals surface area contributed by atoms with Crippen LogP contribution in [0.3, 0.4) is 0 Å². The third-order valence-electron chi connectivity index (χ3n) is 6.18. The van der Waals surface area contributed by atoms with Crippen molar-refractivity contribution in [1.29, 1.82) is 0 Å². The van der Waals surface area contributed by atoms with Crippen LogP contribution in [0.2, 0.25) is 0 Å². The van der Waals surface area contributed by atoms with Crippen molar-refractivity contribution in [3.8, 4) is 11.1 Å². The van der Waals surface area contributed by atoms with Crippen molar-refractivity contribution >= 4 is 18.0 Å². The molecule has 3 rings (SSSR count). The van der Waals surface area contributed by atoms with Crippen molar-refractivity contribution in [2.24, 2.45) is 11.3 Å². The van der Waals surface area contributed by atoms with E-state index in [1.165, 1.54) is 7.05 Å². The van der Waals surface area contributed by atoms with Gasteiger partial charge in [-0.2, -0.15) is 0 Å². The molecule has 7 nitrogen and oxygen atoms in total. The van der Waals surface area contributed by atoms with E-state index in [2.05, 4.69) is 0 Å². The van der Waals surface area contributed by atoms with Crippen molar-refractivity contribution in [3.05, 3.63) is 59.7 Å². The number of benzene rings is 2. The van der Waals surface area contributed by atoms with Crippen LogP contribution in [-0.2, 0) is 14.3 Å². The fraction of sp³-hybridized carbons (Fsp3) is 0.400. The second kappa shape index (κ2) is 9.02. The molecule has 0 aromatic heterocycles. The van der Waals surface area contributed by atoms with Crippen LogP contribution < -0.4 is 0 Å². The predicted molar refractivity (Wildman–Crippen MR) is 119 cm³/mol. The molecule has 0 heterocycles. The Morgan fingerprint density at radius 1 is 0.938 bits per heavy atom. The van der Waals surface area contributed by atoms with Gasteiger partial charge in [-0.05, 0) is 34.1 Å². The Kier molecular flexibility index (Phi) is 6.57. The molecule has 0 saturated carbocycles. The van der Waals surface area contributed by atoms with E-state index in [1.54, 1.807) is 20.8 Å². The zero-order chi connectivity index (χ0) is 23.6. The van der Waals surface area contributed by atoms with E-state index < -0.39 is 35.4 Å². The second-order valence-corrected chi connectivity index (χ2v) is 9.26. The van der Waals surface area contributed by atoms with Gasteiger partial charge in [-0.25, -0.2) is 9.59 Å². The number of hydrogen-bond donors (Lipinski definition) is 2. The maximum absolute atomic E-state index is 12.8. The SMILES string of the molecule is CN(C(=O)OCC1c2ccccc2-c2ccccc21)[C@@H](CC(C(=O)O)C(C)(C)C)C(=O)O. The lowest BCUT2D eigenvalue weighted by molar-refractivity contribution is -0.149. The summed E-state index contributed by atoms with van der Waals surface area (Å²) in [6.45, 7) is 5.26.